The monoisotopic (exact) mass is 294 g/mol. The number of halogens is 1. The Balaban J connectivity index is 2.38. The van der Waals surface area contributed by atoms with Crippen LogP contribution in [0.25, 0.3) is 0 Å². The van der Waals surface area contributed by atoms with Gasteiger partial charge in [0.1, 0.15) is 5.54 Å². The zero-order valence-corrected chi connectivity index (χ0v) is 12.2. The molecule has 0 aliphatic carbocycles. The number of anilines is 1. The second-order valence-corrected chi connectivity index (χ2v) is 5.53. The lowest BCUT2D eigenvalue weighted by atomic mass is 10.1. The molecule has 20 heavy (non-hydrogen) atoms. The molecule has 1 fully saturated rings. The molecule has 0 spiro atoms. The molecular formula is C13H15ClN4O2. The maximum Gasteiger partial charge on any atom is 0.346 e. The first kappa shape index (κ1) is 14.3. The van der Waals surface area contributed by atoms with Crippen molar-refractivity contribution in [3.63, 3.8) is 0 Å². The van der Waals surface area contributed by atoms with Gasteiger partial charge in [0.05, 0.1) is 5.71 Å². The zero-order valence-electron chi connectivity index (χ0n) is 11.4. The molecule has 3 N–H and O–H groups in total. The minimum absolute atomic E-state index is 0.414. The van der Waals surface area contributed by atoms with Gasteiger partial charge in [0.25, 0.3) is 5.91 Å². The zero-order chi connectivity index (χ0) is 15.1. The summed E-state index contributed by atoms with van der Waals surface area (Å²) >= 11 is 5.91. The van der Waals surface area contributed by atoms with Gasteiger partial charge in [0.15, 0.2) is 0 Å². The molecule has 7 heteroatoms. The number of imide groups is 1. The predicted molar refractivity (Wildman–Crippen MR) is 77.5 cm³/mol. The number of hydrogen-bond donors (Lipinski definition) is 2. The quantitative estimate of drug-likeness (QED) is 0.496. The number of benzene rings is 1. The molecular weight excluding hydrogens is 280 g/mol. The van der Waals surface area contributed by atoms with Crippen molar-refractivity contribution in [3.05, 3.63) is 28.8 Å². The summed E-state index contributed by atoms with van der Waals surface area (Å²) in [6, 6.07) is 4.39. The highest BCUT2D eigenvalue weighted by molar-refractivity contribution is 6.31. The van der Waals surface area contributed by atoms with Crippen LogP contribution in [0.15, 0.2) is 23.3 Å². The summed E-state index contributed by atoms with van der Waals surface area (Å²) in [5, 5.41) is 7.92. The van der Waals surface area contributed by atoms with Crippen LogP contribution in [0.5, 0.6) is 0 Å². The average molecular weight is 295 g/mol. The van der Waals surface area contributed by atoms with Gasteiger partial charge in [-0.25, -0.2) is 4.79 Å². The second kappa shape index (κ2) is 4.79. The van der Waals surface area contributed by atoms with E-state index in [1.54, 1.807) is 39.0 Å². The molecule has 1 heterocycles. The van der Waals surface area contributed by atoms with E-state index in [1.807, 2.05) is 0 Å². The number of nitrogen functional groups attached to an aromatic ring is 1. The van der Waals surface area contributed by atoms with E-state index in [9.17, 15) is 9.59 Å². The van der Waals surface area contributed by atoms with Crippen molar-refractivity contribution in [3.8, 4) is 0 Å². The van der Waals surface area contributed by atoms with Gasteiger partial charge in [0, 0.05) is 16.3 Å². The predicted octanol–water partition coefficient (Wildman–Crippen LogP) is 1.98. The molecule has 2 rings (SSSR count). The van der Waals surface area contributed by atoms with E-state index in [4.69, 9.17) is 17.3 Å². The molecule has 0 unspecified atom stereocenters. The van der Waals surface area contributed by atoms with Crippen LogP contribution in [0.4, 0.5) is 10.5 Å². The molecule has 0 atom stereocenters. The fraction of sp³-hybridized carbons (Fsp3) is 0.308. The minimum atomic E-state index is -0.958. The summed E-state index contributed by atoms with van der Waals surface area (Å²) in [4.78, 5) is 23.8. The molecule has 1 aliphatic rings. The SMILES string of the molecule is C/C(=N\N1C(=O)NC(C)(C)C1=O)c1cc(Cl)ccc1N. The largest absolute Gasteiger partial charge is 0.398 e. The minimum Gasteiger partial charge on any atom is -0.398 e. The molecule has 6 nitrogen and oxygen atoms in total. The summed E-state index contributed by atoms with van der Waals surface area (Å²) in [5.74, 6) is -0.414. The van der Waals surface area contributed by atoms with E-state index >= 15 is 0 Å². The number of hydrazone groups is 1. The number of nitrogens with two attached hydrogens (primary N) is 1. The molecule has 1 saturated heterocycles. The third kappa shape index (κ3) is 2.46. The van der Waals surface area contributed by atoms with E-state index in [0.717, 1.165) is 5.01 Å². The number of nitrogens with one attached hydrogen (secondary N) is 1. The van der Waals surface area contributed by atoms with Gasteiger partial charge in [0.2, 0.25) is 0 Å². The Morgan fingerprint density at radius 2 is 2.05 bits per heavy atom. The normalized spacial score (nSPS) is 18.4. The molecule has 0 aromatic heterocycles. The van der Waals surface area contributed by atoms with Gasteiger partial charge in [-0.15, -0.1) is 5.01 Å². The van der Waals surface area contributed by atoms with Gasteiger partial charge >= 0.3 is 6.03 Å². The number of rotatable bonds is 2. The van der Waals surface area contributed by atoms with Crippen LogP contribution in [-0.2, 0) is 4.79 Å². The third-order valence-electron chi connectivity index (χ3n) is 2.99. The number of nitrogens with zero attached hydrogens (tertiary/aromatic N) is 2. The third-order valence-corrected chi connectivity index (χ3v) is 3.23. The van der Waals surface area contributed by atoms with Crippen LogP contribution in [0.2, 0.25) is 5.02 Å². The molecule has 0 saturated carbocycles. The lowest BCUT2D eigenvalue weighted by Gasteiger charge is -2.13. The van der Waals surface area contributed by atoms with Crippen molar-refractivity contribution in [1.82, 2.24) is 10.3 Å². The van der Waals surface area contributed by atoms with Crippen LogP contribution < -0.4 is 11.1 Å². The number of carbonyl (C=O) groups is 2. The fourth-order valence-electron chi connectivity index (χ4n) is 1.87. The Hall–Kier alpha value is -2.08. The first-order chi connectivity index (χ1) is 9.22. The maximum absolute atomic E-state index is 12.0. The molecule has 1 aromatic carbocycles. The summed E-state index contributed by atoms with van der Waals surface area (Å²) in [6.07, 6.45) is 0. The van der Waals surface area contributed by atoms with Crippen molar-refractivity contribution in [2.75, 3.05) is 5.73 Å². The van der Waals surface area contributed by atoms with Crippen molar-refractivity contribution in [2.45, 2.75) is 26.3 Å². The van der Waals surface area contributed by atoms with E-state index in [2.05, 4.69) is 10.4 Å². The molecule has 1 aliphatic heterocycles. The lowest BCUT2D eigenvalue weighted by molar-refractivity contribution is -0.130. The molecule has 1 aromatic rings. The topological polar surface area (TPSA) is 87.8 Å². The van der Waals surface area contributed by atoms with Crippen molar-refractivity contribution < 1.29 is 9.59 Å². The fourth-order valence-corrected chi connectivity index (χ4v) is 2.04. The Morgan fingerprint density at radius 3 is 2.60 bits per heavy atom. The first-order valence-corrected chi connectivity index (χ1v) is 6.37. The van der Waals surface area contributed by atoms with Gasteiger partial charge in [-0.2, -0.15) is 5.10 Å². The summed E-state index contributed by atoms with van der Waals surface area (Å²) in [5.41, 5.74) is 6.38. The summed E-state index contributed by atoms with van der Waals surface area (Å²) in [6.45, 7) is 4.89. The van der Waals surface area contributed by atoms with Gasteiger partial charge in [-0.05, 0) is 39.0 Å². The van der Waals surface area contributed by atoms with E-state index in [-0.39, 0.29) is 0 Å². The van der Waals surface area contributed by atoms with Crippen molar-refractivity contribution >= 4 is 34.9 Å². The highest BCUT2D eigenvalue weighted by Crippen LogP contribution is 2.21. The molecule has 106 valence electrons. The lowest BCUT2D eigenvalue weighted by Crippen LogP contribution is -2.39. The Kier molecular flexibility index (Phi) is 3.43. The van der Waals surface area contributed by atoms with Gasteiger partial charge in [-0.1, -0.05) is 11.6 Å². The molecule has 0 bridgehead atoms. The first-order valence-electron chi connectivity index (χ1n) is 5.99. The Morgan fingerprint density at radius 1 is 1.40 bits per heavy atom. The molecule has 0 radical (unpaired) electrons. The summed E-state index contributed by atoms with van der Waals surface area (Å²) in [7, 11) is 0. The van der Waals surface area contributed by atoms with Crippen LogP contribution in [-0.4, -0.2) is 28.2 Å². The van der Waals surface area contributed by atoms with Gasteiger partial charge < -0.3 is 11.1 Å². The van der Waals surface area contributed by atoms with Crippen molar-refractivity contribution in [2.24, 2.45) is 5.10 Å². The number of amides is 3. The number of urea groups is 1. The maximum atomic E-state index is 12.0. The second-order valence-electron chi connectivity index (χ2n) is 5.09. The van der Waals surface area contributed by atoms with Gasteiger partial charge in [-0.3, -0.25) is 4.79 Å². The number of carbonyl (C=O) groups excluding carboxylic acids is 2. The van der Waals surface area contributed by atoms with Crippen molar-refractivity contribution in [1.29, 1.82) is 0 Å². The van der Waals surface area contributed by atoms with E-state index in [0.29, 0.717) is 22.0 Å². The van der Waals surface area contributed by atoms with Crippen LogP contribution in [0, 0.1) is 0 Å². The van der Waals surface area contributed by atoms with Crippen LogP contribution >= 0.6 is 11.6 Å². The molecule has 3 amide bonds. The Bertz CT molecular complexity index is 625. The Labute approximate surface area is 121 Å². The highest BCUT2D eigenvalue weighted by atomic mass is 35.5. The van der Waals surface area contributed by atoms with E-state index < -0.39 is 17.5 Å². The standard InChI is InChI=1S/C13H15ClN4O2/c1-7(9-6-8(14)4-5-10(9)15)17-18-11(19)13(2,3)16-12(18)20/h4-6H,15H2,1-3H3,(H,16,20)/b17-7+. The van der Waals surface area contributed by atoms with Crippen LogP contribution in [0.1, 0.15) is 26.3 Å². The average Bonchev–Trinajstić information content (AvgIpc) is 2.54. The van der Waals surface area contributed by atoms with E-state index in [1.165, 1.54) is 0 Å². The smallest absolute Gasteiger partial charge is 0.346 e. The van der Waals surface area contributed by atoms with Crippen LogP contribution in [0.3, 0.4) is 0 Å². The summed E-state index contributed by atoms with van der Waals surface area (Å²) < 4.78 is 0. The highest BCUT2D eigenvalue weighted by Gasteiger charge is 2.44. The number of hydrogen-bond acceptors (Lipinski definition) is 4.